The molecule has 1 aliphatic rings. The van der Waals surface area contributed by atoms with Crippen LogP contribution in [0.15, 0.2) is 48.7 Å². The maximum absolute atomic E-state index is 12.5. The maximum Gasteiger partial charge on any atom is 0.262 e. The van der Waals surface area contributed by atoms with Gasteiger partial charge in [-0.1, -0.05) is 18.2 Å². The van der Waals surface area contributed by atoms with E-state index in [0.717, 1.165) is 5.69 Å². The summed E-state index contributed by atoms with van der Waals surface area (Å²) in [6.07, 6.45) is 2.76. The SMILES string of the molecule is N#CCCN(CCc1ccccn1)CN1C(=O)c2ccccc2C1=O. The molecule has 1 aliphatic heterocycles. The van der Waals surface area contributed by atoms with Crippen LogP contribution in [0.4, 0.5) is 0 Å². The lowest BCUT2D eigenvalue weighted by atomic mass is 10.1. The van der Waals surface area contributed by atoms with Crippen molar-refractivity contribution in [3.8, 4) is 6.07 Å². The molecule has 25 heavy (non-hydrogen) atoms. The number of rotatable bonds is 7. The minimum atomic E-state index is -0.277. The third-order valence-corrected chi connectivity index (χ3v) is 4.17. The summed E-state index contributed by atoms with van der Waals surface area (Å²) in [4.78, 5) is 32.5. The highest BCUT2D eigenvalue weighted by atomic mass is 16.2. The van der Waals surface area contributed by atoms with Crippen molar-refractivity contribution in [2.75, 3.05) is 19.8 Å². The van der Waals surface area contributed by atoms with Crippen molar-refractivity contribution >= 4 is 11.8 Å². The molecule has 0 bridgehead atoms. The highest BCUT2D eigenvalue weighted by molar-refractivity contribution is 6.21. The molecule has 1 aromatic carbocycles. The van der Waals surface area contributed by atoms with Crippen LogP contribution in [-0.2, 0) is 6.42 Å². The first-order valence-corrected chi connectivity index (χ1v) is 8.15. The van der Waals surface area contributed by atoms with E-state index in [1.807, 2.05) is 23.1 Å². The van der Waals surface area contributed by atoms with Crippen molar-refractivity contribution < 1.29 is 9.59 Å². The van der Waals surface area contributed by atoms with E-state index in [4.69, 9.17) is 5.26 Å². The van der Waals surface area contributed by atoms with Gasteiger partial charge in [0.05, 0.1) is 23.9 Å². The van der Waals surface area contributed by atoms with E-state index >= 15 is 0 Å². The molecule has 1 aromatic heterocycles. The Kier molecular flexibility index (Phi) is 5.17. The highest BCUT2D eigenvalue weighted by Crippen LogP contribution is 2.22. The number of nitriles is 1. The Bertz CT molecular complexity index is 779. The molecular weight excluding hydrogens is 316 g/mol. The largest absolute Gasteiger partial charge is 0.284 e. The normalized spacial score (nSPS) is 13.2. The maximum atomic E-state index is 12.5. The Balaban J connectivity index is 1.69. The van der Waals surface area contributed by atoms with E-state index in [-0.39, 0.29) is 18.5 Å². The lowest BCUT2D eigenvalue weighted by Crippen LogP contribution is -2.42. The second-order valence-electron chi connectivity index (χ2n) is 5.82. The first kappa shape index (κ1) is 16.8. The van der Waals surface area contributed by atoms with Crippen LogP contribution in [-0.4, -0.2) is 46.4 Å². The average molecular weight is 334 g/mol. The van der Waals surface area contributed by atoms with Gasteiger partial charge in [-0.25, -0.2) is 0 Å². The molecule has 2 amide bonds. The van der Waals surface area contributed by atoms with Crippen LogP contribution < -0.4 is 0 Å². The molecule has 0 aliphatic carbocycles. The summed E-state index contributed by atoms with van der Waals surface area (Å²) < 4.78 is 0. The van der Waals surface area contributed by atoms with Crippen molar-refractivity contribution in [3.63, 3.8) is 0 Å². The number of aromatic nitrogens is 1. The third kappa shape index (κ3) is 3.73. The Morgan fingerprint density at radius 1 is 1.00 bits per heavy atom. The van der Waals surface area contributed by atoms with Gasteiger partial charge in [0.25, 0.3) is 11.8 Å². The Hall–Kier alpha value is -3.04. The van der Waals surface area contributed by atoms with Crippen molar-refractivity contribution in [1.29, 1.82) is 5.26 Å². The number of amides is 2. The second-order valence-corrected chi connectivity index (χ2v) is 5.82. The predicted molar refractivity (Wildman–Crippen MR) is 91.6 cm³/mol. The van der Waals surface area contributed by atoms with Crippen LogP contribution >= 0.6 is 0 Å². The van der Waals surface area contributed by atoms with Crippen LogP contribution in [0, 0.1) is 11.3 Å². The van der Waals surface area contributed by atoms with Crippen LogP contribution in [0.5, 0.6) is 0 Å². The monoisotopic (exact) mass is 334 g/mol. The van der Waals surface area contributed by atoms with Gasteiger partial charge >= 0.3 is 0 Å². The molecule has 0 saturated heterocycles. The predicted octanol–water partition coefficient (Wildman–Crippen LogP) is 2.09. The molecule has 2 heterocycles. The molecule has 6 nitrogen and oxygen atoms in total. The van der Waals surface area contributed by atoms with Crippen molar-refractivity contribution in [2.24, 2.45) is 0 Å². The molecule has 0 unspecified atom stereocenters. The van der Waals surface area contributed by atoms with Crippen molar-refractivity contribution in [3.05, 3.63) is 65.5 Å². The lowest BCUT2D eigenvalue weighted by molar-refractivity contribution is 0.0544. The van der Waals surface area contributed by atoms with Crippen LogP contribution in [0.25, 0.3) is 0 Å². The van der Waals surface area contributed by atoms with E-state index in [0.29, 0.717) is 37.1 Å². The Labute approximate surface area is 146 Å². The van der Waals surface area contributed by atoms with Crippen molar-refractivity contribution in [1.82, 2.24) is 14.8 Å². The van der Waals surface area contributed by atoms with Gasteiger partial charge in [0, 0.05) is 37.8 Å². The molecular formula is C19H18N4O2. The fourth-order valence-electron chi connectivity index (χ4n) is 2.85. The fraction of sp³-hybridized carbons (Fsp3) is 0.263. The fourth-order valence-corrected chi connectivity index (χ4v) is 2.85. The number of benzene rings is 1. The zero-order valence-corrected chi connectivity index (χ0v) is 13.8. The highest BCUT2D eigenvalue weighted by Gasteiger charge is 2.35. The van der Waals surface area contributed by atoms with E-state index in [9.17, 15) is 9.59 Å². The first-order chi connectivity index (χ1) is 12.2. The van der Waals surface area contributed by atoms with Gasteiger partial charge in [-0.15, -0.1) is 0 Å². The topological polar surface area (TPSA) is 77.3 Å². The summed E-state index contributed by atoms with van der Waals surface area (Å²) in [6, 6.07) is 14.7. The lowest BCUT2D eigenvalue weighted by Gasteiger charge is -2.25. The molecule has 126 valence electrons. The minimum absolute atomic E-state index is 0.181. The molecule has 3 rings (SSSR count). The second kappa shape index (κ2) is 7.69. The van der Waals surface area contributed by atoms with Gasteiger partial charge in [-0.3, -0.25) is 24.4 Å². The number of hydrogen-bond acceptors (Lipinski definition) is 5. The average Bonchev–Trinajstić information content (AvgIpc) is 2.90. The summed E-state index contributed by atoms with van der Waals surface area (Å²) in [6.45, 7) is 1.30. The summed E-state index contributed by atoms with van der Waals surface area (Å²) in [5.41, 5.74) is 1.82. The zero-order valence-electron chi connectivity index (χ0n) is 13.8. The smallest absolute Gasteiger partial charge is 0.262 e. The Morgan fingerprint density at radius 2 is 1.68 bits per heavy atom. The van der Waals surface area contributed by atoms with Gasteiger partial charge in [0.2, 0.25) is 0 Å². The van der Waals surface area contributed by atoms with E-state index < -0.39 is 0 Å². The number of hydrogen-bond donors (Lipinski definition) is 0. The summed E-state index contributed by atoms with van der Waals surface area (Å²) >= 11 is 0. The van der Waals surface area contributed by atoms with Gasteiger partial charge in [0.1, 0.15) is 0 Å². The Morgan fingerprint density at radius 3 is 2.28 bits per heavy atom. The molecule has 6 heteroatoms. The summed E-state index contributed by atoms with van der Waals surface area (Å²) in [5.74, 6) is -0.555. The molecule has 0 atom stereocenters. The molecule has 0 saturated carbocycles. The molecule has 0 fully saturated rings. The van der Waals surface area contributed by atoms with Crippen LogP contribution in [0.1, 0.15) is 32.8 Å². The number of nitrogens with zero attached hydrogens (tertiary/aromatic N) is 4. The van der Waals surface area contributed by atoms with Gasteiger partial charge in [-0.2, -0.15) is 5.26 Å². The summed E-state index contributed by atoms with van der Waals surface area (Å²) in [5, 5.41) is 8.87. The number of carbonyl (C=O) groups excluding carboxylic acids is 2. The van der Waals surface area contributed by atoms with Crippen LogP contribution in [0.3, 0.4) is 0 Å². The van der Waals surface area contributed by atoms with Gasteiger partial charge < -0.3 is 0 Å². The minimum Gasteiger partial charge on any atom is -0.284 e. The standard InChI is InChI=1S/C19H18N4O2/c20-10-5-12-22(13-9-15-6-3-4-11-21-15)14-23-18(24)16-7-1-2-8-17(16)19(23)25/h1-4,6-8,11H,5,9,12-14H2. The van der Waals surface area contributed by atoms with Gasteiger partial charge in [-0.05, 0) is 24.3 Å². The third-order valence-electron chi connectivity index (χ3n) is 4.17. The zero-order chi connectivity index (χ0) is 17.6. The number of carbonyl (C=O) groups is 2. The summed E-state index contributed by atoms with van der Waals surface area (Å²) in [7, 11) is 0. The van der Waals surface area contributed by atoms with Gasteiger partial charge in [0.15, 0.2) is 0 Å². The van der Waals surface area contributed by atoms with E-state index in [1.165, 1.54) is 4.90 Å². The molecule has 0 radical (unpaired) electrons. The molecule has 0 spiro atoms. The van der Waals surface area contributed by atoms with Crippen LogP contribution in [0.2, 0.25) is 0 Å². The molecule has 2 aromatic rings. The van der Waals surface area contributed by atoms with Crippen molar-refractivity contribution in [2.45, 2.75) is 12.8 Å². The quantitative estimate of drug-likeness (QED) is 0.725. The number of fused-ring (bicyclic) bond motifs is 1. The molecule has 0 N–H and O–H groups in total. The number of imide groups is 1. The van der Waals surface area contributed by atoms with E-state index in [1.54, 1.807) is 30.5 Å². The van der Waals surface area contributed by atoms with E-state index in [2.05, 4.69) is 11.1 Å². The first-order valence-electron chi connectivity index (χ1n) is 8.15. The number of pyridine rings is 1.